The number of methoxy groups -OCH3 is 3. The Morgan fingerprint density at radius 1 is 1.00 bits per heavy atom. The molecule has 36 heavy (non-hydrogen) atoms. The van der Waals surface area contributed by atoms with Crippen LogP contribution in [0.2, 0.25) is 0 Å². The fourth-order valence-corrected chi connectivity index (χ4v) is 3.47. The molecular formula is C26H24N4O6. The molecule has 10 heteroatoms. The first-order valence-electron chi connectivity index (χ1n) is 10.9. The largest absolute Gasteiger partial charge is 0.493 e. The summed E-state index contributed by atoms with van der Waals surface area (Å²) in [5.41, 5.74) is 4.16. The summed E-state index contributed by atoms with van der Waals surface area (Å²) in [5, 5.41) is 4.48. The van der Waals surface area contributed by atoms with E-state index in [0.717, 1.165) is 0 Å². The van der Waals surface area contributed by atoms with Crippen LogP contribution in [0.1, 0.15) is 5.56 Å². The second-order valence-corrected chi connectivity index (χ2v) is 7.50. The highest BCUT2D eigenvalue weighted by Gasteiger charge is 2.12. The molecule has 4 rings (SSSR count). The number of ether oxygens (including phenoxy) is 4. The lowest BCUT2D eigenvalue weighted by atomic mass is 10.2. The normalized spacial score (nSPS) is 10.9. The molecule has 0 saturated heterocycles. The number of para-hydroxylation sites is 1. The Labute approximate surface area is 206 Å². The van der Waals surface area contributed by atoms with Gasteiger partial charge in [-0.1, -0.05) is 12.1 Å². The van der Waals surface area contributed by atoms with E-state index in [4.69, 9.17) is 18.9 Å². The number of benzene rings is 3. The van der Waals surface area contributed by atoms with Gasteiger partial charge < -0.3 is 23.9 Å². The number of fused-ring (bicyclic) bond motifs is 1. The van der Waals surface area contributed by atoms with Crippen LogP contribution in [0.3, 0.4) is 0 Å². The minimum atomic E-state index is -0.441. The first-order chi connectivity index (χ1) is 17.5. The van der Waals surface area contributed by atoms with Crippen LogP contribution in [0.15, 0.2) is 70.6 Å². The molecule has 0 unspecified atom stereocenters. The van der Waals surface area contributed by atoms with Crippen molar-refractivity contribution in [2.24, 2.45) is 5.10 Å². The molecule has 0 fully saturated rings. The summed E-state index contributed by atoms with van der Waals surface area (Å²) in [5.74, 6) is 1.89. The summed E-state index contributed by atoms with van der Waals surface area (Å²) in [4.78, 5) is 31.7. The third-order valence-corrected chi connectivity index (χ3v) is 5.20. The predicted octanol–water partition coefficient (Wildman–Crippen LogP) is 3.15. The zero-order valence-corrected chi connectivity index (χ0v) is 19.9. The van der Waals surface area contributed by atoms with Gasteiger partial charge in [0.1, 0.15) is 11.6 Å². The molecular weight excluding hydrogens is 464 g/mol. The number of H-pyrrole nitrogens is 1. The highest BCUT2D eigenvalue weighted by atomic mass is 16.5. The van der Waals surface area contributed by atoms with Crippen LogP contribution < -0.4 is 29.9 Å². The van der Waals surface area contributed by atoms with Gasteiger partial charge in [0.2, 0.25) is 5.75 Å². The smallest absolute Gasteiger partial charge is 0.277 e. The Morgan fingerprint density at radius 3 is 2.36 bits per heavy atom. The van der Waals surface area contributed by atoms with Gasteiger partial charge in [-0.2, -0.15) is 5.10 Å². The average Bonchev–Trinajstić information content (AvgIpc) is 2.91. The van der Waals surface area contributed by atoms with Crippen LogP contribution in [-0.4, -0.2) is 50.0 Å². The standard InChI is InChI=1S/C26H24N4O6/c1-33-21-12-16(13-22(34-2)24(21)35-3)14-27-30-23(31)15-36-18-10-8-17(9-11-18)25-28-20-7-5-4-6-19(20)26(32)29-25/h4-14H,15H2,1-3H3,(H,30,31)(H,28,29,32)/b27-14+. The Balaban J connectivity index is 1.35. The van der Waals surface area contributed by atoms with Crippen molar-refractivity contribution < 1.29 is 23.7 Å². The molecule has 0 radical (unpaired) electrons. The molecule has 4 aromatic rings. The van der Waals surface area contributed by atoms with Crippen LogP contribution in [0.5, 0.6) is 23.0 Å². The molecule has 184 valence electrons. The summed E-state index contributed by atoms with van der Waals surface area (Å²) in [6.45, 7) is -0.239. The Morgan fingerprint density at radius 2 is 1.69 bits per heavy atom. The molecule has 0 aliphatic heterocycles. The van der Waals surface area contributed by atoms with Gasteiger partial charge in [-0.05, 0) is 48.5 Å². The predicted molar refractivity (Wildman–Crippen MR) is 135 cm³/mol. The summed E-state index contributed by atoms with van der Waals surface area (Å²) in [6, 6.07) is 17.4. The summed E-state index contributed by atoms with van der Waals surface area (Å²) in [6.07, 6.45) is 1.45. The monoisotopic (exact) mass is 488 g/mol. The number of hydrazone groups is 1. The van der Waals surface area contributed by atoms with Gasteiger partial charge in [0.25, 0.3) is 11.5 Å². The van der Waals surface area contributed by atoms with Gasteiger partial charge >= 0.3 is 0 Å². The summed E-state index contributed by atoms with van der Waals surface area (Å²) in [7, 11) is 4.55. The van der Waals surface area contributed by atoms with Crippen molar-refractivity contribution >= 4 is 23.0 Å². The number of hydrogen-bond donors (Lipinski definition) is 2. The number of carbonyl (C=O) groups excluding carboxylic acids is 1. The van der Waals surface area contributed by atoms with E-state index in [0.29, 0.717) is 50.9 Å². The van der Waals surface area contributed by atoms with Crippen molar-refractivity contribution in [1.29, 1.82) is 0 Å². The number of aromatic nitrogens is 2. The molecule has 10 nitrogen and oxygen atoms in total. The van der Waals surface area contributed by atoms with Gasteiger partial charge in [-0.25, -0.2) is 10.4 Å². The molecule has 1 amide bonds. The number of amides is 1. The first kappa shape index (κ1) is 24.3. The fraction of sp³-hybridized carbons (Fsp3) is 0.154. The van der Waals surface area contributed by atoms with Crippen molar-refractivity contribution in [3.63, 3.8) is 0 Å². The molecule has 0 aliphatic carbocycles. The number of aromatic amines is 1. The molecule has 3 aromatic carbocycles. The minimum absolute atomic E-state index is 0.209. The van der Waals surface area contributed by atoms with Crippen LogP contribution in [-0.2, 0) is 4.79 Å². The van der Waals surface area contributed by atoms with Gasteiger partial charge in [-0.15, -0.1) is 0 Å². The van der Waals surface area contributed by atoms with Gasteiger partial charge in [0.15, 0.2) is 18.1 Å². The zero-order valence-electron chi connectivity index (χ0n) is 19.9. The number of carbonyl (C=O) groups is 1. The first-order valence-corrected chi connectivity index (χ1v) is 10.9. The van der Waals surface area contributed by atoms with E-state index in [1.54, 1.807) is 54.6 Å². The molecule has 2 N–H and O–H groups in total. The van der Waals surface area contributed by atoms with E-state index in [1.807, 2.05) is 6.07 Å². The van der Waals surface area contributed by atoms with E-state index in [9.17, 15) is 9.59 Å². The molecule has 1 heterocycles. The molecule has 0 spiro atoms. The number of nitrogens with zero attached hydrogens (tertiary/aromatic N) is 2. The maximum atomic E-state index is 12.3. The number of hydrogen-bond acceptors (Lipinski definition) is 8. The van der Waals surface area contributed by atoms with Crippen molar-refractivity contribution in [2.45, 2.75) is 0 Å². The number of rotatable bonds is 9. The summed E-state index contributed by atoms with van der Waals surface area (Å²) >= 11 is 0. The molecule has 1 aromatic heterocycles. The van der Waals surface area contributed by atoms with Crippen molar-refractivity contribution in [1.82, 2.24) is 15.4 Å². The third kappa shape index (κ3) is 5.44. The maximum absolute atomic E-state index is 12.3. The van der Waals surface area contributed by atoms with Crippen molar-refractivity contribution in [2.75, 3.05) is 27.9 Å². The van der Waals surface area contributed by atoms with E-state index in [1.165, 1.54) is 27.5 Å². The van der Waals surface area contributed by atoms with Crippen LogP contribution >= 0.6 is 0 Å². The van der Waals surface area contributed by atoms with E-state index >= 15 is 0 Å². The van der Waals surface area contributed by atoms with Crippen LogP contribution in [0.25, 0.3) is 22.3 Å². The van der Waals surface area contributed by atoms with Crippen molar-refractivity contribution in [3.8, 4) is 34.4 Å². The fourth-order valence-electron chi connectivity index (χ4n) is 3.47. The van der Waals surface area contributed by atoms with Gasteiger partial charge in [0, 0.05) is 11.1 Å². The highest BCUT2D eigenvalue weighted by Crippen LogP contribution is 2.37. The quantitative estimate of drug-likeness (QED) is 0.274. The molecule has 0 bridgehead atoms. The van der Waals surface area contributed by atoms with E-state index < -0.39 is 5.91 Å². The van der Waals surface area contributed by atoms with Crippen LogP contribution in [0.4, 0.5) is 0 Å². The van der Waals surface area contributed by atoms with Crippen LogP contribution in [0, 0.1) is 0 Å². The van der Waals surface area contributed by atoms with Gasteiger partial charge in [-0.3, -0.25) is 9.59 Å². The highest BCUT2D eigenvalue weighted by molar-refractivity contribution is 5.84. The lowest BCUT2D eigenvalue weighted by Gasteiger charge is -2.12. The molecule has 0 aliphatic rings. The second kappa shape index (κ2) is 11.0. The van der Waals surface area contributed by atoms with Crippen molar-refractivity contribution in [3.05, 3.63) is 76.6 Å². The Kier molecular flexibility index (Phi) is 7.45. The SMILES string of the molecule is COc1cc(/C=N/NC(=O)COc2ccc(-c3nc4ccccc4c(=O)[nH]3)cc2)cc(OC)c1OC. The lowest BCUT2D eigenvalue weighted by molar-refractivity contribution is -0.123. The Hall–Kier alpha value is -4.86. The topological polar surface area (TPSA) is 124 Å². The minimum Gasteiger partial charge on any atom is -0.493 e. The third-order valence-electron chi connectivity index (χ3n) is 5.20. The number of nitrogens with one attached hydrogen (secondary N) is 2. The van der Waals surface area contributed by atoms with E-state index in [-0.39, 0.29) is 12.2 Å². The van der Waals surface area contributed by atoms with E-state index in [2.05, 4.69) is 20.5 Å². The molecule has 0 atom stereocenters. The second-order valence-electron chi connectivity index (χ2n) is 7.50. The van der Waals surface area contributed by atoms with Gasteiger partial charge in [0.05, 0.1) is 38.4 Å². The lowest BCUT2D eigenvalue weighted by Crippen LogP contribution is -2.24. The Bertz CT molecular complexity index is 1440. The zero-order chi connectivity index (χ0) is 25.5. The maximum Gasteiger partial charge on any atom is 0.277 e. The average molecular weight is 489 g/mol. The molecule has 0 saturated carbocycles. The summed E-state index contributed by atoms with van der Waals surface area (Å²) < 4.78 is 21.4.